The first-order chi connectivity index (χ1) is 9.60. The van der Waals surface area contributed by atoms with Crippen LogP contribution in [0.1, 0.15) is 35.1 Å². The topological polar surface area (TPSA) is 52.5 Å². The molecule has 2 unspecified atom stereocenters. The van der Waals surface area contributed by atoms with Gasteiger partial charge in [-0.3, -0.25) is 0 Å². The van der Waals surface area contributed by atoms with Crippen LogP contribution in [0.2, 0.25) is 4.34 Å². The summed E-state index contributed by atoms with van der Waals surface area (Å²) >= 11 is 7.25. The molecule has 0 bridgehead atoms. The van der Waals surface area contributed by atoms with Gasteiger partial charge < -0.3 is 15.5 Å². The van der Waals surface area contributed by atoms with Crippen molar-refractivity contribution in [2.75, 3.05) is 6.54 Å². The normalized spacial score (nSPS) is 14.2. The molecule has 0 saturated heterocycles. The Labute approximate surface area is 127 Å². The molecule has 0 aliphatic heterocycles. The molecule has 0 amide bonds. The second-order valence-corrected chi connectivity index (χ2v) is 6.44. The van der Waals surface area contributed by atoms with Crippen LogP contribution in [0.25, 0.3) is 0 Å². The Hall–Kier alpha value is -0.910. The molecule has 3 N–H and O–H groups in total. The summed E-state index contributed by atoms with van der Waals surface area (Å²) < 4.78 is 0.683. The van der Waals surface area contributed by atoms with Gasteiger partial charge in [-0.15, -0.1) is 11.3 Å². The molecule has 1 aromatic carbocycles. The molecule has 2 aromatic rings. The minimum atomic E-state index is -0.559. The standard InChI is InChI=1S/C15H18ClNO2S/c1-10(12-4-2-3-11(7-12)9-18)17-8-13(19)14-5-6-15(16)20-14/h2-7,10,13,17-19H,8-9H2,1H3. The van der Waals surface area contributed by atoms with Crippen molar-refractivity contribution in [2.45, 2.75) is 25.7 Å². The van der Waals surface area contributed by atoms with Crippen molar-refractivity contribution in [1.82, 2.24) is 5.32 Å². The smallest absolute Gasteiger partial charge is 0.101 e. The van der Waals surface area contributed by atoms with E-state index in [0.29, 0.717) is 10.9 Å². The number of aliphatic hydroxyl groups is 2. The van der Waals surface area contributed by atoms with Crippen molar-refractivity contribution in [2.24, 2.45) is 0 Å². The van der Waals surface area contributed by atoms with Gasteiger partial charge in [-0.25, -0.2) is 0 Å². The van der Waals surface area contributed by atoms with Gasteiger partial charge in [0.2, 0.25) is 0 Å². The number of hydrogen-bond acceptors (Lipinski definition) is 4. The van der Waals surface area contributed by atoms with E-state index in [1.165, 1.54) is 11.3 Å². The molecule has 0 spiro atoms. The van der Waals surface area contributed by atoms with Crippen LogP contribution < -0.4 is 5.32 Å². The van der Waals surface area contributed by atoms with Gasteiger partial charge in [0, 0.05) is 17.5 Å². The average molecular weight is 312 g/mol. The predicted molar refractivity (Wildman–Crippen MR) is 83.1 cm³/mol. The zero-order valence-corrected chi connectivity index (χ0v) is 12.8. The summed E-state index contributed by atoms with van der Waals surface area (Å²) in [5.74, 6) is 0. The second kappa shape index (κ2) is 7.20. The van der Waals surface area contributed by atoms with E-state index in [-0.39, 0.29) is 12.6 Å². The summed E-state index contributed by atoms with van der Waals surface area (Å²) in [5, 5.41) is 22.5. The fraction of sp³-hybridized carbons (Fsp3) is 0.333. The number of rotatable bonds is 6. The maximum Gasteiger partial charge on any atom is 0.101 e. The molecule has 0 fully saturated rings. The van der Waals surface area contributed by atoms with Crippen molar-refractivity contribution < 1.29 is 10.2 Å². The first-order valence-corrected chi connectivity index (χ1v) is 7.66. The molecule has 2 atom stereocenters. The molecule has 5 heteroatoms. The second-order valence-electron chi connectivity index (χ2n) is 4.69. The van der Waals surface area contributed by atoms with Crippen LogP contribution in [-0.4, -0.2) is 16.8 Å². The molecule has 2 rings (SSSR count). The third-order valence-electron chi connectivity index (χ3n) is 3.17. The Balaban J connectivity index is 1.92. The molecular weight excluding hydrogens is 294 g/mol. The van der Waals surface area contributed by atoms with E-state index < -0.39 is 6.10 Å². The molecule has 0 aliphatic rings. The minimum Gasteiger partial charge on any atom is -0.392 e. The van der Waals surface area contributed by atoms with Gasteiger partial charge in [0.1, 0.15) is 6.10 Å². The average Bonchev–Trinajstić information content (AvgIpc) is 2.91. The highest BCUT2D eigenvalue weighted by atomic mass is 35.5. The highest BCUT2D eigenvalue weighted by Crippen LogP contribution is 2.27. The van der Waals surface area contributed by atoms with E-state index >= 15 is 0 Å². The molecule has 20 heavy (non-hydrogen) atoms. The number of nitrogens with one attached hydrogen (secondary N) is 1. The van der Waals surface area contributed by atoms with Gasteiger partial charge in [0.05, 0.1) is 10.9 Å². The van der Waals surface area contributed by atoms with E-state index in [2.05, 4.69) is 5.32 Å². The number of thiophene rings is 1. The number of hydrogen-bond donors (Lipinski definition) is 3. The van der Waals surface area contributed by atoms with Crippen LogP contribution in [0.4, 0.5) is 0 Å². The Morgan fingerprint density at radius 1 is 1.30 bits per heavy atom. The first kappa shape index (κ1) is 15.5. The predicted octanol–water partition coefficient (Wildman–Crippen LogP) is 3.28. The summed E-state index contributed by atoms with van der Waals surface area (Å²) in [6.07, 6.45) is -0.559. The number of aliphatic hydroxyl groups excluding tert-OH is 2. The third kappa shape index (κ3) is 4.04. The third-order valence-corrected chi connectivity index (χ3v) is 4.51. The number of halogens is 1. The Morgan fingerprint density at radius 2 is 2.10 bits per heavy atom. The fourth-order valence-electron chi connectivity index (χ4n) is 1.98. The number of benzene rings is 1. The lowest BCUT2D eigenvalue weighted by Gasteiger charge is -2.17. The summed E-state index contributed by atoms with van der Waals surface area (Å²) in [5.41, 5.74) is 1.98. The molecule has 1 heterocycles. The van der Waals surface area contributed by atoms with Crippen LogP contribution in [0.3, 0.4) is 0 Å². The summed E-state index contributed by atoms with van der Waals surface area (Å²) in [4.78, 5) is 0.860. The van der Waals surface area contributed by atoms with Gasteiger partial charge in [-0.2, -0.15) is 0 Å². The van der Waals surface area contributed by atoms with Crippen molar-refractivity contribution in [1.29, 1.82) is 0 Å². The Kier molecular flexibility index (Phi) is 5.57. The first-order valence-electron chi connectivity index (χ1n) is 6.46. The molecular formula is C15H18ClNO2S. The quantitative estimate of drug-likeness (QED) is 0.767. The molecule has 1 aromatic heterocycles. The van der Waals surface area contributed by atoms with Crippen molar-refractivity contribution >= 4 is 22.9 Å². The molecule has 0 radical (unpaired) electrons. The zero-order valence-electron chi connectivity index (χ0n) is 11.2. The summed E-state index contributed by atoms with van der Waals surface area (Å²) in [7, 11) is 0. The highest BCUT2D eigenvalue weighted by Gasteiger charge is 2.12. The van der Waals surface area contributed by atoms with Gasteiger partial charge >= 0.3 is 0 Å². The zero-order chi connectivity index (χ0) is 14.5. The van der Waals surface area contributed by atoms with Crippen LogP contribution in [0.5, 0.6) is 0 Å². The van der Waals surface area contributed by atoms with E-state index in [9.17, 15) is 5.11 Å². The van der Waals surface area contributed by atoms with Crippen molar-refractivity contribution in [3.05, 3.63) is 56.7 Å². The lowest BCUT2D eigenvalue weighted by molar-refractivity contribution is 0.174. The Bertz CT molecular complexity index is 558. The lowest BCUT2D eigenvalue weighted by atomic mass is 10.1. The molecule has 108 valence electrons. The maximum absolute atomic E-state index is 10.1. The fourth-order valence-corrected chi connectivity index (χ4v) is 3.02. The Morgan fingerprint density at radius 3 is 2.75 bits per heavy atom. The summed E-state index contributed by atoms with van der Waals surface area (Å²) in [6, 6.07) is 11.5. The van der Waals surface area contributed by atoms with E-state index in [4.69, 9.17) is 16.7 Å². The van der Waals surface area contributed by atoms with Crippen molar-refractivity contribution in [3.63, 3.8) is 0 Å². The molecule has 0 saturated carbocycles. The maximum atomic E-state index is 10.1. The van der Waals surface area contributed by atoms with Gasteiger partial charge in [0.25, 0.3) is 0 Å². The monoisotopic (exact) mass is 311 g/mol. The largest absolute Gasteiger partial charge is 0.392 e. The summed E-state index contributed by atoms with van der Waals surface area (Å²) in [6.45, 7) is 2.53. The molecule has 0 aliphatic carbocycles. The van der Waals surface area contributed by atoms with Gasteiger partial charge in [-0.05, 0) is 30.2 Å². The highest BCUT2D eigenvalue weighted by molar-refractivity contribution is 7.16. The van der Waals surface area contributed by atoms with Crippen LogP contribution in [0, 0.1) is 0 Å². The SMILES string of the molecule is CC(NCC(O)c1ccc(Cl)s1)c1cccc(CO)c1. The van der Waals surface area contributed by atoms with Gasteiger partial charge in [-0.1, -0.05) is 35.9 Å². The minimum absolute atomic E-state index is 0.0386. The van der Waals surface area contributed by atoms with Crippen LogP contribution in [0.15, 0.2) is 36.4 Å². The van der Waals surface area contributed by atoms with Crippen molar-refractivity contribution in [3.8, 4) is 0 Å². The van der Waals surface area contributed by atoms with Gasteiger partial charge in [0.15, 0.2) is 0 Å². The van der Waals surface area contributed by atoms with E-state index in [0.717, 1.165) is 16.0 Å². The van der Waals surface area contributed by atoms with Crippen LogP contribution in [-0.2, 0) is 6.61 Å². The lowest BCUT2D eigenvalue weighted by Crippen LogP contribution is -2.24. The van der Waals surface area contributed by atoms with E-state index in [1.807, 2.05) is 37.3 Å². The van der Waals surface area contributed by atoms with Crippen LogP contribution >= 0.6 is 22.9 Å². The molecule has 3 nitrogen and oxygen atoms in total. The van der Waals surface area contributed by atoms with E-state index in [1.54, 1.807) is 6.07 Å².